The Labute approximate surface area is 107 Å². The first kappa shape index (κ1) is 14.9. The van der Waals surface area contributed by atoms with E-state index in [0.29, 0.717) is 0 Å². The molecule has 0 radical (unpaired) electrons. The summed E-state index contributed by atoms with van der Waals surface area (Å²) in [6, 6.07) is 0. The van der Waals surface area contributed by atoms with E-state index in [1.807, 2.05) is 0 Å². The van der Waals surface area contributed by atoms with E-state index < -0.39 is 23.4 Å². The molecule has 1 rings (SSSR count). The molecule has 1 aliphatic rings. The van der Waals surface area contributed by atoms with Gasteiger partial charge in [-0.2, -0.15) is 0 Å². The second kappa shape index (κ2) is 4.85. The van der Waals surface area contributed by atoms with Crippen LogP contribution >= 0.6 is 0 Å². The Balaban J connectivity index is 2.62. The van der Waals surface area contributed by atoms with Crippen molar-refractivity contribution in [3.05, 3.63) is 0 Å². The third-order valence-corrected chi connectivity index (χ3v) is 2.75. The highest BCUT2D eigenvalue weighted by Crippen LogP contribution is 2.23. The maximum absolute atomic E-state index is 11.8. The lowest BCUT2D eigenvalue weighted by Crippen LogP contribution is -2.47. The number of carbonyl (C=O) groups excluding carboxylic acids is 2. The molecule has 1 unspecified atom stereocenters. The molecule has 0 aromatic rings. The van der Waals surface area contributed by atoms with Crippen molar-refractivity contribution in [1.82, 2.24) is 10.6 Å². The van der Waals surface area contributed by atoms with Crippen LogP contribution in [0.3, 0.4) is 0 Å². The predicted octanol–water partition coefficient (Wildman–Crippen LogP) is 0.108. The quantitative estimate of drug-likeness (QED) is 0.625. The predicted molar refractivity (Wildman–Crippen MR) is 65.3 cm³/mol. The molecule has 18 heavy (non-hydrogen) atoms. The Kier molecular flexibility index (Phi) is 4.02. The zero-order valence-corrected chi connectivity index (χ0v) is 11.5. The van der Waals surface area contributed by atoms with Crippen LogP contribution in [0.1, 0.15) is 41.0 Å². The van der Waals surface area contributed by atoms with Gasteiger partial charge < -0.3 is 15.2 Å². The van der Waals surface area contributed by atoms with Gasteiger partial charge in [-0.25, -0.2) is 0 Å². The molecule has 3 N–H and O–H groups in total. The Morgan fingerprint density at radius 1 is 1.56 bits per heavy atom. The van der Waals surface area contributed by atoms with Crippen LogP contribution in [-0.4, -0.2) is 34.5 Å². The Bertz CT molecular complexity index is 350. The number of esters is 1. The van der Waals surface area contributed by atoms with Crippen LogP contribution in [0.5, 0.6) is 0 Å². The summed E-state index contributed by atoms with van der Waals surface area (Å²) in [6.07, 6.45) is -0.793. The van der Waals surface area contributed by atoms with Crippen molar-refractivity contribution in [3.63, 3.8) is 0 Å². The monoisotopic (exact) mass is 258 g/mol. The smallest absolute Gasteiger partial charge is 0.309 e. The van der Waals surface area contributed by atoms with E-state index in [-0.39, 0.29) is 18.3 Å². The molecule has 0 aromatic carbocycles. The van der Waals surface area contributed by atoms with Gasteiger partial charge in [0.15, 0.2) is 6.35 Å². The van der Waals surface area contributed by atoms with E-state index in [1.54, 1.807) is 34.6 Å². The molecule has 0 saturated carbocycles. The number of amides is 1. The molecule has 0 bridgehead atoms. The van der Waals surface area contributed by atoms with Crippen molar-refractivity contribution in [3.8, 4) is 0 Å². The minimum Gasteiger partial charge on any atom is -0.460 e. The topological polar surface area (TPSA) is 87.7 Å². The summed E-state index contributed by atoms with van der Waals surface area (Å²) < 4.78 is 5.26. The zero-order chi connectivity index (χ0) is 14.1. The molecule has 1 heterocycles. The lowest BCUT2D eigenvalue weighted by Gasteiger charge is -2.27. The molecule has 0 spiro atoms. The second-order valence-corrected chi connectivity index (χ2v) is 5.99. The van der Waals surface area contributed by atoms with E-state index in [0.717, 1.165) is 0 Å². The van der Waals surface area contributed by atoms with Crippen molar-refractivity contribution in [1.29, 1.82) is 0 Å². The highest BCUT2D eigenvalue weighted by atomic mass is 16.6. The summed E-state index contributed by atoms with van der Waals surface area (Å²) in [6.45, 7) is 8.75. The molecular formula is C12H22N2O4. The fourth-order valence-electron chi connectivity index (χ4n) is 1.94. The number of aliphatic hydroxyl groups is 1. The Morgan fingerprint density at radius 2 is 2.11 bits per heavy atom. The standard InChI is InChI=1S/C12H22N2O4/c1-7(8(15)18-11(2,3)4)6-12(5)9(16)13-10(17)14-12/h7,10,14,17H,6H2,1-5H3,(H,13,16)/t7-,10?,12+/m0/s1. The fourth-order valence-corrected chi connectivity index (χ4v) is 1.94. The number of carbonyl (C=O) groups is 2. The number of hydrogen-bond acceptors (Lipinski definition) is 5. The van der Waals surface area contributed by atoms with Crippen LogP contribution in [0.2, 0.25) is 0 Å². The molecule has 0 aliphatic carbocycles. The van der Waals surface area contributed by atoms with Crippen molar-refractivity contribution in [2.75, 3.05) is 0 Å². The molecule has 1 amide bonds. The minimum atomic E-state index is -1.06. The van der Waals surface area contributed by atoms with Crippen LogP contribution in [-0.2, 0) is 14.3 Å². The highest BCUT2D eigenvalue weighted by Gasteiger charge is 2.44. The van der Waals surface area contributed by atoms with Gasteiger partial charge in [0.2, 0.25) is 5.91 Å². The number of ether oxygens (including phenoxy) is 1. The lowest BCUT2D eigenvalue weighted by molar-refractivity contribution is -0.160. The molecule has 0 aromatic heterocycles. The summed E-state index contributed by atoms with van der Waals surface area (Å²) in [5, 5.41) is 14.4. The molecule has 3 atom stereocenters. The summed E-state index contributed by atoms with van der Waals surface area (Å²) in [5.41, 5.74) is -1.49. The lowest BCUT2D eigenvalue weighted by atomic mass is 9.90. The van der Waals surface area contributed by atoms with Gasteiger partial charge in [-0.15, -0.1) is 0 Å². The molecule has 1 saturated heterocycles. The van der Waals surface area contributed by atoms with Crippen LogP contribution < -0.4 is 10.6 Å². The zero-order valence-electron chi connectivity index (χ0n) is 11.5. The molecule has 1 aliphatic heterocycles. The summed E-state index contributed by atoms with van der Waals surface area (Å²) in [5.74, 6) is -1.09. The van der Waals surface area contributed by atoms with E-state index in [2.05, 4.69) is 10.6 Å². The third-order valence-electron chi connectivity index (χ3n) is 2.75. The van der Waals surface area contributed by atoms with Gasteiger partial charge in [0.1, 0.15) is 5.60 Å². The largest absolute Gasteiger partial charge is 0.460 e. The van der Waals surface area contributed by atoms with E-state index in [1.165, 1.54) is 0 Å². The number of aliphatic hydroxyl groups excluding tert-OH is 1. The van der Waals surface area contributed by atoms with E-state index >= 15 is 0 Å². The summed E-state index contributed by atoms with van der Waals surface area (Å²) in [7, 11) is 0. The molecule has 6 nitrogen and oxygen atoms in total. The SMILES string of the molecule is C[C@@H](C[C@@]1(C)NC(O)NC1=O)C(=O)OC(C)(C)C. The first-order chi connectivity index (χ1) is 8.03. The first-order valence-corrected chi connectivity index (χ1v) is 6.03. The van der Waals surface area contributed by atoms with Gasteiger partial charge in [0.05, 0.1) is 11.5 Å². The van der Waals surface area contributed by atoms with Crippen LogP contribution in [0.15, 0.2) is 0 Å². The maximum Gasteiger partial charge on any atom is 0.309 e. The van der Waals surface area contributed by atoms with Crippen molar-refractivity contribution < 1.29 is 19.4 Å². The average molecular weight is 258 g/mol. The van der Waals surface area contributed by atoms with Crippen LogP contribution in [0.4, 0.5) is 0 Å². The van der Waals surface area contributed by atoms with Gasteiger partial charge >= 0.3 is 5.97 Å². The Hall–Kier alpha value is -1.14. The van der Waals surface area contributed by atoms with E-state index in [4.69, 9.17) is 4.74 Å². The molecular weight excluding hydrogens is 236 g/mol. The summed E-state index contributed by atoms with van der Waals surface area (Å²) >= 11 is 0. The van der Waals surface area contributed by atoms with Crippen LogP contribution in [0, 0.1) is 5.92 Å². The van der Waals surface area contributed by atoms with Crippen LogP contribution in [0.25, 0.3) is 0 Å². The van der Waals surface area contributed by atoms with Gasteiger partial charge in [0, 0.05) is 0 Å². The second-order valence-electron chi connectivity index (χ2n) is 5.99. The fraction of sp³-hybridized carbons (Fsp3) is 0.833. The molecule has 6 heteroatoms. The number of rotatable bonds is 3. The van der Waals surface area contributed by atoms with Crippen molar-refractivity contribution in [2.45, 2.75) is 58.5 Å². The maximum atomic E-state index is 11.8. The highest BCUT2D eigenvalue weighted by molar-refractivity contribution is 5.88. The average Bonchev–Trinajstić information content (AvgIpc) is 2.37. The summed E-state index contributed by atoms with van der Waals surface area (Å²) in [4.78, 5) is 23.5. The van der Waals surface area contributed by atoms with Crippen molar-refractivity contribution in [2.24, 2.45) is 5.92 Å². The van der Waals surface area contributed by atoms with Gasteiger partial charge in [-0.1, -0.05) is 6.92 Å². The number of hydrogen-bond donors (Lipinski definition) is 3. The molecule has 104 valence electrons. The first-order valence-electron chi connectivity index (χ1n) is 6.03. The van der Waals surface area contributed by atoms with E-state index in [9.17, 15) is 14.7 Å². The number of nitrogens with one attached hydrogen (secondary N) is 2. The minimum absolute atomic E-state index is 0.269. The third kappa shape index (κ3) is 3.68. The molecule has 1 fully saturated rings. The van der Waals surface area contributed by atoms with Gasteiger partial charge in [-0.3, -0.25) is 14.9 Å². The van der Waals surface area contributed by atoms with Gasteiger partial charge in [-0.05, 0) is 34.1 Å². The van der Waals surface area contributed by atoms with Crippen molar-refractivity contribution >= 4 is 11.9 Å². The Morgan fingerprint density at radius 3 is 2.50 bits per heavy atom. The van der Waals surface area contributed by atoms with Gasteiger partial charge in [0.25, 0.3) is 0 Å². The normalized spacial score (nSPS) is 29.9.